The molecule has 0 saturated carbocycles. The second kappa shape index (κ2) is 5.12. The first-order valence-corrected chi connectivity index (χ1v) is 5.43. The number of aryl methyl sites for hydroxylation is 2. The predicted octanol–water partition coefficient (Wildman–Crippen LogP) is 0.538. The molecule has 2 N–H and O–H groups in total. The number of hydrogen-bond donors (Lipinski definition) is 1. The molecule has 5 heteroatoms. The molecule has 1 rings (SSSR count). The molecule has 0 fully saturated rings. The Balaban J connectivity index is 2.67. The standard InChI is InChI=1S/C11H20N4O/c1-8(12)5-6-14(3)11(16)10-7-15(4)13-9(10)2/h7-8H,5-6,12H2,1-4H3. The van der Waals surface area contributed by atoms with Crippen LogP contribution in [-0.2, 0) is 7.05 Å². The van der Waals surface area contributed by atoms with Crippen molar-refractivity contribution in [3.05, 3.63) is 17.5 Å². The molecular formula is C11H20N4O. The Morgan fingerprint density at radius 2 is 2.31 bits per heavy atom. The number of amides is 1. The third-order valence-corrected chi connectivity index (χ3v) is 2.51. The smallest absolute Gasteiger partial charge is 0.257 e. The maximum Gasteiger partial charge on any atom is 0.257 e. The Morgan fingerprint density at radius 1 is 1.69 bits per heavy atom. The van der Waals surface area contributed by atoms with Crippen molar-refractivity contribution >= 4 is 5.91 Å². The second-order valence-corrected chi connectivity index (χ2v) is 4.29. The molecule has 1 unspecified atom stereocenters. The highest BCUT2D eigenvalue weighted by Crippen LogP contribution is 2.08. The van der Waals surface area contributed by atoms with Gasteiger partial charge in [0.15, 0.2) is 0 Å². The Kier molecular flexibility index (Phi) is 4.06. The SMILES string of the molecule is Cc1nn(C)cc1C(=O)N(C)CCC(C)N. The van der Waals surface area contributed by atoms with Crippen LogP contribution in [0.3, 0.4) is 0 Å². The normalized spacial score (nSPS) is 12.6. The average Bonchev–Trinajstić information content (AvgIpc) is 2.53. The van der Waals surface area contributed by atoms with E-state index in [1.54, 1.807) is 22.8 Å². The van der Waals surface area contributed by atoms with Gasteiger partial charge in [0, 0.05) is 32.9 Å². The largest absolute Gasteiger partial charge is 0.342 e. The Morgan fingerprint density at radius 3 is 2.75 bits per heavy atom. The van der Waals surface area contributed by atoms with E-state index >= 15 is 0 Å². The van der Waals surface area contributed by atoms with Crippen LogP contribution in [0.1, 0.15) is 29.4 Å². The maximum absolute atomic E-state index is 12.0. The summed E-state index contributed by atoms with van der Waals surface area (Å²) in [6.07, 6.45) is 2.56. The fraction of sp³-hybridized carbons (Fsp3) is 0.636. The number of nitrogens with two attached hydrogens (primary N) is 1. The lowest BCUT2D eigenvalue weighted by Crippen LogP contribution is -2.31. The van der Waals surface area contributed by atoms with Crippen LogP contribution in [0.2, 0.25) is 0 Å². The van der Waals surface area contributed by atoms with E-state index in [4.69, 9.17) is 5.73 Å². The summed E-state index contributed by atoms with van der Waals surface area (Å²) >= 11 is 0. The number of carbonyl (C=O) groups is 1. The van der Waals surface area contributed by atoms with Gasteiger partial charge in [0.1, 0.15) is 0 Å². The van der Waals surface area contributed by atoms with E-state index in [-0.39, 0.29) is 11.9 Å². The van der Waals surface area contributed by atoms with Crippen molar-refractivity contribution in [2.45, 2.75) is 26.3 Å². The van der Waals surface area contributed by atoms with Gasteiger partial charge in [0.2, 0.25) is 0 Å². The summed E-state index contributed by atoms with van der Waals surface area (Å²) in [5, 5.41) is 4.15. The highest BCUT2D eigenvalue weighted by atomic mass is 16.2. The monoisotopic (exact) mass is 224 g/mol. The minimum absolute atomic E-state index is 0.00579. The van der Waals surface area contributed by atoms with Crippen molar-refractivity contribution in [3.63, 3.8) is 0 Å². The molecule has 1 aromatic heterocycles. The van der Waals surface area contributed by atoms with Gasteiger partial charge in [-0.25, -0.2) is 0 Å². The molecule has 90 valence electrons. The molecule has 1 heterocycles. The molecule has 1 aromatic rings. The van der Waals surface area contributed by atoms with E-state index in [1.807, 2.05) is 20.9 Å². The third kappa shape index (κ3) is 3.06. The average molecular weight is 224 g/mol. The Bertz CT molecular complexity index is 370. The molecule has 0 aliphatic heterocycles. The molecule has 0 aliphatic rings. The molecule has 0 aromatic carbocycles. The molecular weight excluding hydrogens is 204 g/mol. The fourth-order valence-corrected chi connectivity index (χ4v) is 1.51. The van der Waals surface area contributed by atoms with Crippen LogP contribution in [0, 0.1) is 6.92 Å². The van der Waals surface area contributed by atoms with Gasteiger partial charge >= 0.3 is 0 Å². The van der Waals surface area contributed by atoms with Gasteiger partial charge in [-0.1, -0.05) is 0 Å². The van der Waals surface area contributed by atoms with Crippen LogP contribution < -0.4 is 5.73 Å². The molecule has 0 radical (unpaired) electrons. The molecule has 1 amide bonds. The van der Waals surface area contributed by atoms with Gasteiger partial charge in [-0.05, 0) is 20.3 Å². The van der Waals surface area contributed by atoms with Crippen molar-refractivity contribution in [1.82, 2.24) is 14.7 Å². The summed E-state index contributed by atoms with van der Waals surface area (Å²) in [5.74, 6) is 0.00579. The molecule has 0 saturated heterocycles. The number of hydrogen-bond acceptors (Lipinski definition) is 3. The van der Waals surface area contributed by atoms with Crippen LogP contribution >= 0.6 is 0 Å². The zero-order valence-electron chi connectivity index (χ0n) is 10.4. The molecule has 5 nitrogen and oxygen atoms in total. The summed E-state index contributed by atoms with van der Waals surface area (Å²) in [5.41, 5.74) is 7.08. The van der Waals surface area contributed by atoms with Crippen molar-refractivity contribution in [2.24, 2.45) is 12.8 Å². The van der Waals surface area contributed by atoms with Gasteiger partial charge in [-0.2, -0.15) is 5.10 Å². The van der Waals surface area contributed by atoms with Crippen LogP contribution in [0.15, 0.2) is 6.20 Å². The lowest BCUT2D eigenvalue weighted by molar-refractivity contribution is 0.0791. The third-order valence-electron chi connectivity index (χ3n) is 2.51. The predicted molar refractivity (Wildman–Crippen MR) is 63.2 cm³/mol. The van der Waals surface area contributed by atoms with E-state index in [1.165, 1.54) is 0 Å². The van der Waals surface area contributed by atoms with Gasteiger partial charge in [-0.3, -0.25) is 9.48 Å². The van der Waals surface area contributed by atoms with Crippen LogP contribution in [-0.4, -0.2) is 40.2 Å². The van der Waals surface area contributed by atoms with Gasteiger partial charge < -0.3 is 10.6 Å². The minimum Gasteiger partial charge on any atom is -0.342 e. The van der Waals surface area contributed by atoms with E-state index in [2.05, 4.69) is 5.10 Å². The zero-order chi connectivity index (χ0) is 12.3. The van der Waals surface area contributed by atoms with Gasteiger partial charge in [0.25, 0.3) is 5.91 Å². The molecule has 0 spiro atoms. The lowest BCUT2D eigenvalue weighted by atomic mass is 10.2. The first-order valence-electron chi connectivity index (χ1n) is 5.43. The first-order chi connectivity index (χ1) is 7.41. The topological polar surface area (TPSA) is 64.2 Å². The van der Waals surface area contributed by atoms with Crippen molar-refractivity contribution in [2.75, 3.05) is 13.6 Å². The van der Waals surface area contributed by atoms with Crippen molar-refractivity contribution in [1.29, 1.82) is 0 Å². The highest BCUT2D eigenvalue weighted by molar-refractivity contribution is 5.94. The molecule has 1 atom stereocenters. The van der Waals surface area contributed by atoms with Gasteiger partial charge in [0.05, 0.1) is 11.3 Å². The van der Waals surface area contributed by atoms with Crippen LogP contribution in [0.4, 0.5) is 0 Å². The summed E-state index contributed by atoms with van der Waals surface area (Å²) in [7, 11) is 3.60. The van der Waals surface area contributed by atoms with E-state index in [9.17, 15) is 4.79 Å². The first kappa shape index (κ1) is 12.7. The lowest BCUT2D eigenvalue weighted by Gasteiger charge is -2.17. The number of carbonyl (C=O) groups excluding carboxylic acids is 1. The highest BCUT2D eigenvalue weighted by Gasteiger charge is 2.16. The molecule has 16 heavy (non-hydrogen) atoms. The quantitative estimate of drug-likeness (QED) is 0.811. The number of rotatable bonds is 4. The Hall–Kier alpha value is -1.36. The summed E-state index contributed by atoms with van der Waals surface area (Å²) in [6.45, 7) is 4.45. The van der Waals surface area contributed by atoms with Crippen molar-refractivity contribution in [3.8, 4) is 0 Å². The van der Waals surface area contributed by atoms with E-state index in [0.29, 0.717) is 12.1 Å². The fourth-order valence-electron chi connectivity index (χ4n) is 1.51. The second-order valence-electron chi connectivity index (χ2n) is 4.29. The Labute approximate surface area is 96.2 Å². The maximum atomic E-state index is 12.0. The minimum atomic E-state index is 0.00579. The molecule has 0 aliphatic carbocycles. The van der Waals surface area contributed by atoms with E-state index < -0.39 is 0 Å². The zero-order valence-corrected chi connectivity index (χ0v) is 10.4. The summed E-state index contributed by atoms with van der Waals surface area (Å²) in [4.78, 5) is 13.7. The van der Waals surface area contributed by atoms with Crippen LogP contribution in [0.25, 0.3) is 0 Å². The van der Waals surface area contributed by atoms with Gasteiger partial charge in [-0.15, -0.1) is 0 Å². The summed E-state index contributed by atoms with van der Waals surface area (Å²) in [6, 6.07) is 0.116. The molecule has 0 bridgehead atoms. The number of aromatic nitrogens is 2. The van der Waals surface area contributed by atoms with Crippen LogP contribution in [0.5, 0.6) is 0 Å². The number of nitrogens with zero attached hydrogens (tertiary/aromatic N) is 3. The van der Waals surface area contributed by atoms with E-state index in [0.717, 1.165) is 12.1 Å². The summed E-state index contributed by atoms with van der Waals surface area (Å²) < 4.78 is 1.65. The van der Waals surface area contributed by atoms with Crippen molar-refractivity contribution < 1.29 is 4.79 Å².